The summed E-state index contributed by atoms with van der Waals surface area (Å²) < 4.78 is 5.39. The molecule has 0 saturated heterocycles. The number of rotatable bonds is 1. The first-order valence-electron chi connectivity index (χ1n) is 8.55. The zero-order chi connectivity index (χ0) is 15.3. The third-order valence-corrected chi connectivity index (χ3v) is 6.80. The summed E-state index contributed by atoms with van der Waals surface area (Å²) in [5.74, 6) is 3.10. The Labute approximate surface area is 132 Å². The Morgan fingerprint density at radius 2 is 2.09 bits per heavy atom. The molecule has 4 rings (SSSR count). The summed E-state index contributed by atoms with van der Waals surface area (Å²) in [6.07, 6.45) is 6.98. The largest absolute Gasteiger partial charge is 0.497 e. The molecule has 1 aromatic rings. The van der Waals surface area contributed by atoms with Crippen molar-refractivity contribution in [3.8, 4) is 5.75 Å². The van der Waals surface area contributed by atoms with E-state index in [2.05, 4.69) is 30.3 Å². The molecule has 0 amide bonds. The van der Waals surface area contributed by atoms with Gasteiger partial charge in [0.15, 0.2) is 0 Å². The van der Waals surface area contributed by atoms with E-state index in [9.17, 15) is 5.21 Å². The molecule has 22 heavy (non-hydrogen) atoms. The van der Waals surface area contributed by atoms with Crippen LogP contribution in [0.25, 0.3) is 0 Å². The van der Waals surface area contributed by atoms with Crippen LogP contribution >= 0.6 is 0 Å². The van der Waals surface area contributed by atoms with E-state index in [0.29, 0.717) is 11.8 Å². The van der Waals surface area contributed by atoms with E-state index in [0.717, 1.165) is 36.6 Å². The van der Waals surface area contributed by atoms with E-state index < -0.39 is 0 Å². The van der Waals surface area contributed by atoms with Gasteiger partial charge in [0, 0.05) is 5.41 Å². The van der Waals surface area contributed by atoms with Gasteiger partial charge in [-0.25, -0.2) is 0 Å². The van der Waals surface area contributed by atoms with Crippen molar-refractivity contribution in [2.45, 2.75) is 51.4 Å². The first-order chi connectivity index (χ1) is 10.7. The van der Waals surface area contributed by atoms with Gasteiger partial charge in [-0.05, 0) is 79.5 Å². The van der Waals surface area contributed by atoms with Crippen LogP contribution < -0.4 is 4.74 Å². The summed E-state index contributed by atoms with van der Waals surface area (Å²) in [6.45, 7) is 2.33. The number of hydrogen-bond acceptors (Lipinski definition) is 3. The zero-order valence-electron chi connectivity index (χ0n) is 13.5. The molecular weight excluding hydrogens is 274 g/mol. The summed E-state index contributed by atoms with van der Waals surface area (Å²) in [6, 6.07) is 6.64. The molecule has 3 nitrogen and oxygen atoms in total. The van der Waals surface area contributed by atoms with E-state index in [-0.39, 0.29) is 5.41 Å². The number of ether oxygens (including phenoxy) is 1. The molecule has 0 unspecified atom stereocenters. The Hall–Kier alpha value is -1.51. The van der Waals surface area contributed by atoms with Crippen molar-refractivity contribution in [2.24, 2.45) is 22.4 Å². The Bertz CT molecular complexity index is 624. The van der Waals surface area contributed by atoms with Gasteiger partial charge < -0.3 is 9.94 Å². The second-order valence-electron chi connectivity index (χ2n) is 7.52. The van der Waals surface area contributed by atoms with Gasteiger partial charge in [-0.15, -0.1) is 0 Å². The first kappa shape index (κ1) is 14.1. The number of fused-ring (bicyclic) bond motifs is 5. The number of methoxy groups -OCH3 is 1. The van der Waals surface area contributed by atoms with Gasteiger partial charge in [-0.2, -0.15) is 0 Å². The maximum absolute atomic E-state index is 9.36. The molecule has 3 heteroatoms. The van der Waals surface area contributed by atoms with Crippen LogP contribution in [0.4, 0.5) is 0 Å². The molecule has 4 atom stereocenters. The van der Waals surface area contributed by atoms with Gasteiger partial charge in [0.25, 0.3) is 0 Å². The number of aryl methyl sites for hydroxylation is 1. The van der Waals surface area contributed by atoms with Gasteiger partial charge in [0.2, 0.25) is 0 Å². The van der Waals surface area contributed by atoms with Crippen LogP contribution in [-0.2, 0) is 6.42 Å². The van der Waals surface area contributed by atoms with Crippen molar-refractivity contribution in [3.05, 3.63) is 29.3 Å². The van der Waals surface area contributed by atoms with Gasteiger partial charge >= 0.3 is 0 Å². The Balaban J connectivity index is 1.69. The smallest absolute Gasteiger partial charge is 0.119 e. The third-order valence-electron chi connectivity index (χ3n) is 6.80. The second-order valence-corrected chi connectivity index (χ2v) is 7.52. The predicted molar refractivity (Wildman–Crippen MR) is 86.8 cm³/mol. The molecule has 2 fully saturated rings. The maximum Gasteiger partial charge on any atom is 0.119 e. The molecular formula is C19H25NO2. The van der Waals surface area contributed by atoms with E-state index >= 15 is 0 Å². The summed E-state index contributed by atoms with van der Waals surface area (Å²) >= 11 is 0. The van der Waals surface area contributed by atoms with Crippen molar-refractivity contribution < 1.29 is 9.94 Å². The van der Waals surface area contributed by atoms with Crippen molar-refractivity contribution in [1.29, 1.82) is 0 Å². The lowest BCUT2D eigenvalue weighted by molar-refractivity contribution is 0.0938. The molecule has 0 spiro atoms. The van der Waals surface area contributed by atoms with Crippen molar-refractivity contribution in [3.63, 3.8) is 0 Å². The lowest BCUT2D eigenvalue weighted by atomic mass is 9.55. The quantitative estimate of drug-likeness (QED) is 0.617. The monoisotopic (exact) mass is 299 g/mol. The Morgan fingerprint density at radius 3 is 2.86 bits per heavy atom. The fourth-order valence-electron chi connectivity index (χ4n) is 5.64. The molecule has 0 heterocycles. The minimum atomic E-state index is 0.139. The average Bonchev–Trinajstić information content (AvgIpc) is 2.90. The standard InChI is InChI=1S/C19H25NO2/c1-19-10-9-15-14-6-4-13(22-2)11-12(14)3-5-16(15)17(19)7-8-18(19)20-21/h4,6,11,15-17,21H,3,5,7-10H2,1-2H3/b20-18+/t15-,16-,17-,19+/m0/s1. The SMILES string of the molecule is COc1ccc2c(c1)CC[C@H]1[C@H]2CC[C@@]2(C)/C(=N/O)CC[C@@H]12. The number of oxime groups is 1. The summed E-state index contributed by atoms with van der Waals surface area (Å²) in [5.41, 5.74) is 4.23. The van der Waals surface area contributed by atoms with Crippen molar-refractivity contribution >= 4 is 5.71 Å². The molecule has 3 aliphatic carbocycles. The average molecular weight is 299 g/mol. The highest BCUT2D eigenvalue weighted by molar-refractivity contribution is 5.92. The molecule has 3 aliphatic rings. The molecule has 0 radical (unpaired) electrons. The molecule has 0 aliphatic heterocycles. The molecule has 2 saturated carbocycles. The second kappa shape index (κ2) is 5.00. The van der Waals surface area contributed by atoms with Crippen LogP contribution in [0.2, 0.25) is 0 Å². The summed E-state index contributed by atoms with van der Waals surface area (Å²) in [4.78, 5) is 0. The Kier molecular flexibility index (Phi) is 3.21. The predicted octanol–water partition coefficient (Wildman–Crippen LogP) is 4.38. The topological polar surface area (TPSA) is 41.8 Å². The van der Waals surface area contributed by atoms with Gasteiger partial charge in [-0.3, -0.25) is 0 Å². The number of hydrogen-bond donors (Lipinski definition) is 1. The van der Waals surface area contributed by atoms with E-state index in [4.69, 9.17) is 4.74 Å². The van der Waals surface area contributed by atoms with Crippen molar-refractivity contribution in [1.82, 2.24) is 0 Å². The maximum atomic E-state index is 9.36. The van der Waals surface area contributed by atoms with Crippen LogP contribution in [0, 0.1) is 17.3 Å². The highest BCUT2D eigenvalue weighted by Gasteiger charge is 2.53. The molecule has 1 N–H and O–H groups in total. The van der Waals surface area contributed by atoms with Crippen LogP contribution in [-0.4, -0.2) is 18.0 Å². The number of nitrogens with zero attached hydrogens (tertiary/aromatic N) is 1. The van der Waals surface area contributed by atoms with Gasteiger partial charge in [-0.1, -0.05) is 18.1 Å². The van der Waals surface area contributed by atoms with E-state index in [1.54, 1.807) is 12.7 Å². The van der Waals surface area contributed by atoms with Crippen LogP contribution in [0.5, 0.6) is 5.75 Å². The zero-order valence-corrected chi connectivity index (χ0v) is 13.5. The molecule has 118 valence electrons. The van der Waals surface area contributed by atoms with Gasteiger partial charge in [0.05, 0.1) is 12.8 Å². The Morgan fingerprint density at radius 1 is 1.23 bits per heavy atom. The minimum absolute atomic E-state index is 0.139. The lowest BCUT2D eigenvalue weighted by Gasteiger charge is -2.48. The highest BCUT2D eigenvalue weighted by Crippen LogP contribution is 2.59. The fourth-order valence-corrected chi connectivity index (χ4v) is 5.64. The van der Waals surface area contributed by atoms with Crippen LogP contribution in [0.15, 0.2) is 23.4 Å². The highest BCUT2D eigenvalue weighted by atomic mass is 16.5. The van der Waals surface area contributed by atoms with Crippen LogP contribution in [0.3, 0.4) is 0 Å². The van der Waals surface area contributed by atoms with E-state index in [1.165, 1.54) is 24.8 Å². The fraction of sp³-hybridized carbons (Fsp3) is 0.632. The molecule has 1 aromatic carbocycles. The molecule has 0 bridgehead atoms. The third kappa shape index (κ3) is 1.84. The minimum Gasteiger partial charge on any atom is -0.497 e. The summed E-state index contributed by atoms with van der Waals surface area (Å²) in [7, 11) is 1.74. The van der Waals surface area contributed by atoms with E-state index in [1.807, 2.05) is 0 Å². The first-order valence-corrected chi connectivity index (χ1v) is 8.55. The normalized spacial score (nSPS) is 38.3. The molecule has 0 aromatic heterocycles. The summed E-state index contributed by atoms with van der Waals surface area (Å²) in [5, 5.41) is 13.0. The van der Waals surface area contributed by atoms with Crippen molar-refractivity contribution in [2.75, 3.05) is 7.11 Å². The van der Waals surface area contributed by atoms with Crippen LogP contribution in [0.1, 0.15) is 56.1 Å². The number of benzene rings is 1. The van der Waals surface area contributed by atoms with Gasteiger partial charge in [0.1, 0.15) is 5.75 Å². The lowest BCUT2D eigenvalue weighted by Crippen LogP contribution is -2.42.